The van der Waals surface area contributed by atoms with Crippen LogP contribution in [0.1, 0.15) is 47.5 Å². The van der Waals surface area contributed by atoms with Crippen molar-refractivity contribution in [2.45, 2.75) is 43.7 Å². The van der Waals surface area contributed by atoms with Crippen molar-refractivity contribution in [2.24, 2.45) is 0 Å². The minimum atomic E-state index is -0.201. The minimum absolute atomic E-state index is 0.0806. The van der Waals surface area contributed by atoms with Gasteiger partial charge in [0.2, 0.25) is 0 Å². The summed E-state index contributed by atoms with van der Waals surface area (Å²) in [6, 6.07) is 12.8. The van der Waals surface area contributed by atoms with E-state index in [0.717, 1.165) is 25.7 Å². The van der Waals surface area contributed by atoms with Crippen molar-refractivity contribution in [1.29, 1.82) is 0 Å². The van der Waals surface area contributed by atoms with Crippen LogP contribution in [0.4, 0.5) is 4.39 Å². The largest absolute Gasteiger partial charge is 0.486 e. The maximum Gasteiger partial charge on any atom is 0.254 e. The highest BCUT2D eigenvalue weighted by molar-refractivity contribution is 5.95. The maximum absolute atomic E-state index is 13.2. The van der Waals surface area contributed by atoms with Crippen molar-refractivity contribution in [1.82, 2.24) is 4.90 Å². The van der Waals surface area contributed by atoms with Gasteiger partial charge in [-0.25, -0.2) is 4.39 Å². The van der Waals surface area contributed by atoms with Crippen LogP contribution in [0.2, 0.25) is 0 Å². The van der Waals surface area contributed by atoms with Crippen LogP contribution in [0, 0.1) is 5.82 Å². The van der Waals surface area contributed by atoms with Crippen molar-refractivity contribution in [2.75, 3.05) is 13.2 Å². The Balaban J connectivity index is 1.36. The molecule has 3 aliphatic heterocycles. The summed E-state index contributed by atoms with van der Waals surface area (Å²) < 4.78 is 24.4. The van der Waals surface area contributed by atoms with E-state index >= 15 is 0 Å². The molecule has 5 heteroatoms. The average molecular weight is 367 g/mol. The van der Waals surface area contributed by atoms with Crippen LogP contribution in [0.25, 0.3) is 0 Å². The van der Waals surface area contributed by atoms with Gasteiger partial charge in [0.25, 0.3) is 5.91 Å². The molecular weight excluding hydrogens is 345 g/mol. The molecule has 3 aliphatic rings. The molecule has 5 rings (SSSR count). The molecule has 2 aromatic rings. The topological polar surface area (TPSA) is 38.8 Å². The van der Waals surface area contributed by atoms with E-state index < -0.39 is 0 Å². The molecule has 0 radical (unpaired) electrons. The molecule has 2 bridgehead atoms. The number of ether oxygens (including phenoxy) is 2. The number of amides is 1. The van der Waals surface area contributed by atoms with Crippen LogP contribution < -0.4 is 9.47 Å². The standard InChI is InChI=1S/C22H22FNO3/c23-17-4-1-14(2-5-17)16-11-18-6-7-19(12-16)24(18)22(25)15-3-8-20-21(13-15)27-10-9-26-20/h1-5,8,13,16,18-19H,6-7,9-12H2/t18-,19-/m1/s1. The number of fused-ring (bicyclic) bond motifs is 3. The lowest BCUT2D eigenvalue weighted by Crippen LogP contribution is -2.46. The molecule has 0 aromatic heterocycles. The Morgan fingerprint density at radius 3 is 2.30 bits per heavy atom. The van der Waals surface area contributed by atoms with E-state index in [1.54, 1.807) is 0 Å². The zero-order chi connectivity index (χ0) is 18.4. The SMILES string of the molecule is O=C(c1ccc2c(c1)OCCO2)N1[C@@H]2CC[C@@H]1CC(c1ccc(F)cc1)C2. The summed E-state index contributed by atoms with van der Waals surface area (Å²) in [7, 11) is 0. The predicted octanol–water partition coefficient (Wildman–Crippen LogP) is 4.15. The van der Waals surface area contributed by atoms with Gasteiger partial charge >= 0.3 is 0 Å². The zero-order valence-electron chi connectivity index (χ0n) is 15.1. The molecule has 0 aliphatic carbocycles. The molecular formula is C22H22FNO3. The van der Waals surface area contributed by atoms with Crippen LogP contribution in [0.5, 0.6) is 11.5 Å². The van der Waals surface area contributed by atoms with E-state index in [1.165, 1.54) is 17.7 Å². The number of hydrogen-bond donors (Lipinski definition) is 0. The van der Waals surface area contributed by atoms with E-state index in [4.69, 9.17) is 9.47 Å². The summed E-state index contributed by atoms with van der Waals surface area (Å²) in [6.45, 7) is 1.06. The molecule has 140 valence electrons. The molecule has 2 saturated heterocycles. The van der Waals surface area contributed by atoms with Gasteiger partial charge in [-0.15, -0.1) is 0 Å². The lowest BCUT2D eigenvalue weighted by molar-refractivity contribution is 0.0570. The first kappa shape index (κ1) is 16.6. The van der Waals surface area contributed by atoms with Crippen LogP contribution in [0.3, 0.4) is 0 Å². The number of benzene rings is 2. The third-order valence-corrected chi connectivity index (χ3v) is 6.10. The summed E-state index contributed by atoms with van der Waals surface area (Å²) >= 11 is 0. The molecule has 2 aromatic carbocycles. The monoisotopic (exact) mass is 367 g/mol. The second kappa shape index (κ2) is 6.55. The van der Waals surface area contributed by atoms with Crippen LogP contribution in [0.15, 0.2) is 42.5 Å². The van der Waals surface area contributed by atoms with E-state index in [0.29, 0.717) is 36.2 Å². The molecule has 0 unspecified atom stereocenters. The van der Waals surface area contributed by atoms with Crippen molar-refractivity contribution >= 4 is 5.91 Å². The van der Waals surface area contributed by atoms with Gasteiger partial charge in [-0.1, -0.05) is 12.1 Å². The number of carbonyl (C=O) groups excluding carboxylic acids is 1. The Kier molecular flexibility index (Phi) is 4.03. The van der Waals surface area contributed by atoms with Gasteiger partial charge in [0.05, 0.1) is 0 Å². The molecule has 0 saturated carbocycles. The van der Waals surface area contributed by atoms with E-state index in [1.807, 2.05) is 30.3 Å². The zero-order valence-corrected chi connectivity index (χ0v) is 15.1. The van der Waals surface area contributed by atoms with Gasteiger partial charge in [-0.2, -0.15) is 0 Å². The van der Waals surface area contributed by atoms with Gasteiger partial charge < -0.3 is 14.4 Å². The molecule has 1 amide bonds. The summed E-state index contributed by atoms with van der Waals surface area (Å²) in [5.74, 6) is 1.63. The molecule has 3 heterocycles. The second-order valence-corrected chi connectivity index (χ2v) is 7.68. The molecule has 2 atom stereocenters. The van der Waals surface area contributed by atoms with E-state index in [2.05, 4.69) is 4.90 Å². The van der Waals surface area contributed by atoms with Crippen molar-refractivity contribution in [3.05, 3.63) is 59.4 Å². The molecule has 4 nitrogen and oxygen atoms in total. The lowest BCUT2D eigenvalue weighted by atomic mass is 9.85. The quantitative estimate of drug-likeness (QED) is 0.800. The molecule has 2 fully saturated rings. The Morgan fingerprint density at radius 1 is 0.926 bits per heavy atom. The number of carbonyl (C=O) groups is 1. The molecule has 0 spiro atoms. The smallest absolute Gasteiger partial charge is 0.254 e. The molecule has 27 heavy (non-hydrogen) atoms. The summed E-state index contributed by atoms with van der Waals surface area (Å²) in [5.41, 5.74) is 1.84. The minimum Gasteiger partial charge on any atom is -0.486 e. The van der Waals surface area contributed by atoms with Gasteiger partial charge in [-0.3, -0.25) is 4.79 Å². The first-order chi connectivity index (χ1) is 13.2. The second-order valence-electron chi connectivity index (χ2n) is 7.68. The summed E-state index contributed by atoms with van der Waals surface area (Å²) in [4.78, 5) is 15.3. The maximum atomic E-state index is 13.2. The Hall–Kier alpha value is -2.56. The normalized spacial score (nSPS) is 26.1. The number of hydrogen-bond acceptors (Lipinski definition) is 3. The van der Waals surface area contributed by atoms with Crippen LogP contribution in [-0.2, 0) is 0 Å². The van der Waals surface area contributed by atoms with Gasteiger partial charge in [0, 0.05) is 17.6 Å². The van der Waals surface area contributed by atoms with E-state index in [-0.39, 0.29) is 23.8 Å². The summed E-state index contributed by atoms with van der Waals surface area (Å²) in [5, 5.41) is 0. The fourth-order valence-corrected chi connectivity index (χ4v) is 4.84. The first-order valence-electron chi connectivity index (χ1n) is 9.67. The van der Waals surface area contributed by atoms with Gasteiger partial charge in [0.1, 0.15) is 19.0 Å². The first-order valence-corrected chi connectivity index (χ1v) is 9.67. The third kappa shape index (κ3) is 2.95. The lowest BCUT2D eigenvalue weighted by Gasteiger charge is -2.39. The summed E-state index contributed by atoms with van der Waals surface area (Å²) in [6.07, 6.45) is 3.97. The number of piperidine rings is 1. The highest BCUT2D eigenvalue weighted by Gasteiger charge is 2.43. The fraction of sp³-hybridized carbons (Fsp3) is 0.409. The fourth-order valence-electron chi connectivity index (χ4n) is 4.84. The van der Waals surface area contributed by atoms with Crippen LogP contribution in [-0.4, -0.2) is 36.1 Å². The predicted molar refractivity (Wildman–Crippen MR) is 98.8 cm³/mol. The molecule has 0 N–H and O–H groups in total. The van der Waals surface area contributed by atoms with Crippen molar-refractivity contribution in [3.8, 4) is 11.5 Å². The third-order valence-electron chi connectivity index (χ3n) is 6.10. The Morgan fingerprint density at radius 2 is 1.59 bits per heavy atom. The highest BCUT2D eigenvalue weighted by atomic mass is 19.1. The van der Waals surface area contributed by atoms with Gasteiger partial charge in [-0.05, 0) is 67.5 Å². The Bertz CT molecular complexity index is 852. The van der Waals surface area contributed by atoms with E-state index in [9.17, 15) is 9.18 Å². The number of rotatable bonds is 2. The average Bonchev–Trinajstić information content (AvgIpc) is 2.97. The highest BCUT2D eigenvalue weighted by Crippen LogP contribution is 2.44. The Labute approximate surface area is 157 Å². The number of nitrogens with zero attached hydrogens (tertiary/aromatic N) is 1. The van der Waals surface area contributed by atoms with Crippen LogP contribution >= 0.6 is 0 Å². The number of halogens is 1. The van der Waals surface area contributed by atoms with Crippen molar-refractivity contribution in [3.63, 3.8) is 0 Å². The van der Waals surface area contributed by atoms with Crippen molar-refractivity contribution < 1.29 is 18.7 Å². The van der Waals surface area contributed by atoms with Gasteiger partial charge in [0.15, 0.2) is 11.5 Å².